The quantitative estimate of drug-likeness (QED) is 0.356. The van der Waals surface area contributed by atoms with Crippen LogP contribution in [0.2, 0.25) is 0 Å². The maximum Gasteiger partial charge on any atom is 0.192 e. The fourth-order valence-electron chi connectivity index (χ4n) is 2.79. The van der Waals surface area contributed by atoms with E-state index in [1.165, 1.54) is 17.8 Å². The minimum Gasteiger partial charge on any atom is -0.297 e. The Balaban J connectivity index is 1.65. The van der Waals surface area contributed by atoms with Crippen molar-refractivity contribution in [2.24, 2.45) is 0 Å². The molecule has 0 aliphatic rings. The summed E-state index contributed by atoms with van der Waals surface area (Å²) in [6.07, 6.45) is 3.50. The van der Waals surface area contributed by atoms with Crippen molar-refractivity contribution in [3.05, 3.63) is 94.5 Å². The lowest BCUT2D eigenvalue weighted by Crippen LogP contribution is -2.04. The lowest BCUT2D eigenvalue weighted by molar-refractivity contribution is 0.616. The van der Waals surface area contributed by atoms with E-state index < -0.39 is 0 Å². The van der Waals surface area contributed by atoms with Crippen LogP contribution in [0.4, 0.5) is 4.39 Å². The monoisotopic (exact) mass is 454 g/mol. The van der Waals surface area contributed by atoms with E-state index in [2.05, 4.69) is 43.2 Å². The molecule has 4 aromatic rings. The number of nitrogens with zero attached hydrogens (tertiary/aromatic N) is 4. The van der Waals surface area contributed by atoms with Gasteiger partial charge in [0.1, 0.15) is 5.82 Å². The van der Waals surface area contributed by atoms with E-state index in [1.807, 2.05) is 41.0 Å². The SMILES string of the molecule is Fc1cc(Br)ccc1CSc1nnc(-c2cccnc2)n1Cc1ccccc1. The fourth-order valence-corrected chi connectivity index (χ4v) is 4.05. The third kappa shape index (κ3) is 4.31. The Bertz CT molecular complexity index is 1070. The first-order valence-electron chi connectivity index (χ1n) is 8.65. The minimum atomic E-state index is -0.233. The highest BCUT2D eigenvalue weighted by Gasteiger charge is 2.16. The second-order valence-corrected chi connectivity index (χ2v) is 8.00. The molecule has 0 radical (unpaired) electrons. The third-order valence-corrected chi connectivity index (χ3v) is 5.70. The zero-order chi connectivity index (χ0) is 19.3. The second-order valence-electron chi connectivity index (χ2n) is 6.14. The highest BCUT2D eigenvalue weighted by Crippen LogP contribution is 2.28. The van der Waals surface area contributed by atoms with E-state index in [0.29, 0.717) is 17.9 Å². The molecule has 7 heteroatoms. The van der Waals surface area contributed by atoms with Gasteiger partial charge in [-0.3, -0.25) is 9.55 Å². The van der Waals surface area contributed by atoms with Crippen molar-refractivity contribution in [2.45, 2.75) is 17.5 Å². The van der Waals surface area contributed by atoms with Gasteiger partial charge in [0.2, 0.25) is 0 Å². The van der Waals surface area contributed by atoms with Gasteiger partial charge in [-0.2, -0.15) is 0 Å². The molecule has 0 spiro atoms. The van der Waals surface area contributed by atoms with E-state index in [0.717, 1.165) is 26.6 Å². The zero-order valence-corrected chi connectivity index (χ0v) is 17.2. The van der Waals surface area contributed by atoms with Crippen molar-refractivity contribution in [1.29, 1.82) is 0 Å². The Kier molecular flexibility index (Phi) is 5.83. The van der Waals surface area contributed by atoms with Gasteiger partial charge in [-0.25, -0.2) is 4.39 Å². The van der Waals surface area contributed by atoms with Crippen LogP contribution in [0.3, 0.4) is 0 Å². The molecule has 4 rings (SSSR count). The standard InChI is InChI=1S/C21H16BrFN4S/c22-18-9-8-17(19(23)11-18)14-28-21-26-25-20(16-7-4-10-24-12-16)27(21)13-15-5-2-1-3-6-15/h1-12H,13-14H2. The lowest BCUT2D eigenvalue weighted by Gasteiger charge is -2.10. The Hall–Kier alpha value is -2.51. The minimum absolute atomic E-state index is 0.233. The first-order valence-corrected chi connectivity index (χ1v) is 10.4. The summed E-state index contributed by atoms with van der Waals surface area (Å²) in [7, 11) is 0. The molecule has 0 atom stereocenters. The molecule has 0 N–H and O–H groups in total. The van der Waals surface area contributed by atoms with Gasteiger partial charge < -0.3 is 0 Å². The molecule has 0 saturated heterocycles. The summed E-state index contributed by atoms with van der Waals surface area (Å²) in [5.41, 5.74) is 2.67. The van der Waals surface area contributed by atoms with Gasteiger partial charge in [0.25, 0.3) is 0 Å². The van der Waals surface area contributed by atoms with Gasteiger partial charge in [-0.05, 0) is 35.4 Å². The van der Waals surface area contributed by atoms with Crippen LogP contribution >= 0.6 is 27.7 Å². The molecule has 0 saturated carbocycles. The van der Waals surface area contributed by atoms with Crippen LogP contribution in [0, 0.1) is 5.82 Å². The summed E-state index contributed by atoms with van der Waals surface area (Å²) in [6, 6.07) is 19.1. The molecule has 2 heterocycles. The fraction of sp³-hybridized carbons (Fsp3) is 0.0952. The van der Waals surface area contributed by atoms with Crippen molar-refractivity contribution in [2.75, 3.05) is 0 Å². The zero-order valence-electron chi connectivity index (χ0n) is 14.8. The molecule has 0 bridgehead atoms. The van der Waals surface area contributed by atoms with Crippen LogP contribution in [-0.2, 0) is 12.3 Å². The highest BCUT2D eigenvalue weighted by molar-refractivity contribution is 9.10. The predicted octanol–water partition coefficient (Wildman–Crippen LogP) is 5.58. The van der Waals surface area contributed by atoms with E-state index in [-0.39, 0.29) is 5.82 Å². The lowest BCUT2D eigenvalue weighted by atomic mass is 10.2. The summed E-state index contributed by atoms with van der Waals surface area (Å²) < 4.78 is 17.0. The third-order valence-electron chi connectivity index (χ3n) is 4.19. The molecule has 0 fully saturated rings. The molecule has 2 aromatic carbocycles. The maximum absolute atomic E-state index is 14.2. The van der Waals surface area contributed by atoms with Crippen LogP contribution in [0.15, 0.2) is 82.7 Å². The number of thioether (sulfide) groups is 1. The Morgan fingerprint density at radius 3 is 2.61 bits per heavy atom. The van der Waals surface area contributed by atoms with E-state index >= 15 is 0 Å². The van der Waals surface area contributed by atoms with E-state index in [1.54, 1.807) is 18.5 Å². The van der Waals surface area contributed by atoms with Gasteiger partial charge in [0, 0.05) is 28.2 Å². The molecule has 0 unspecified atom stereocenters. The molecular formula is C21H16BrFN4S. The van der Waals surface area contributed by atoms with Crippen LogP contribution in [0.1, 0.15) is 11.1 Å². The Morgan fingerprint density at radius 2 is 1.86 bits per heavy atom. The van der Waals surface area contributed by atoms with Crippen LogP contribution in [0.25, 0.3) is 11.4 Å². The Labute approximate surface area is 175 Å². The topological polar surface area (TPSA) is 43.6 Å². The number of aromatic nitrogens is 4. The molecule has 0 aliphatic heterocycles. The van der Waals surface area contributed by atoms with E-state index in [9.17, 15) is 4.39 Å². The number of benzene rings is 2. The van der Waals surface area contributed by atoms with Gasteiger partial charge in [-0.1, -0.05) is 64.1 Å². The number of hydrogen-bond donors (Lipinski definition) is 0. The average molecular weight is 455 g/mol. The van der Waals surface area contributed by atoms with Crippen molar-refractivity contribution >= 4 is 27.7 Å². The first kappa shape index (κ1) is 18.8. The number of halogens is 2. The highest BCUT2D eigenvalue weighted by atomic mass is 79.9. The maximum atomic E-state index is 14.2. The van der Waals surface area contributed by atoms with Gasteiger partial charge in [0.05, 0.1) is 6.54 Å². The molecule has 2 aromatic heterocycles. The summed E-state index contributed by atoms with van der Waals surface area (Å²) in [6.45, 7) is 0.628. The van der Waals surface area contributed by atoms with E-state index in [4.69, 9.17) is 0 Å². The van der Waals surface area contributed by atoms with Crippen LogP contribution in [-0.4, -0.2) is 19.7 Å². The second kappa shape index (κ2) is 8.67. The molecule has 0 aliphatic carbocycles. The molecular weight excluding hydrogens is 439 g/mol. The van der Waals surface area contributed by atoms with Crippen molar-refractivity contribution in [1.82, 2.24) is 19.7 Å². The summed E-state index contributed by atoms with van der Waals surface area (Å²) in [4.78, 5) is 4.19. The largest absolute Gasteiger partial charge is 0.297 e. The predicted molar refractivity (Wildman–Crippen MR) is 112 cm³/mol. The summed E-state index contributed by atoms with van der Waals surface area (Å²) in [5, 5.41) is 9.49. The smallest absolute Gasteiger partial charge is 0.192 e. The summed E-state index contributed by atoms with van der Waals surface area (Å²) >= 11 is 4.76. The average Bonchev–Trinajstić information content (AvgIpc) is 3.11. The van der Waals surface area contributed by atoms with Crippen LogP contribution in [0.5, 0.6) is 0 Å². The van der Waals surface area contributed by atoms with Gasteiger partial charge >= 0.3 is 0 Å². The van der Waals surface area contributed by atoms with Gasteiger partial charge in [0.15, 0.2) is 11.0 Å². The molecule has 0 amide bonds. The van der Waals surface area contributed by atoms with Gasteiger partial charge in [-0.15, -0.1) is 10.2 Å². The molecule has 140 valence electrons. The van der Waals surface area contributed by atoms with Crippen molar-refractivity contribution in [3.63, 3.8) is 0 Å². The first-order chi connectivity index (χ1) is 13.7. The van der Waals surface area contributed by atoms with Crippen molar-refractivity contribution in [3.8, 4) is 11.4 Å². The number of pyridine rings is 1. The molecule has 28 heavy (non-hydrogen) atoms. The number of rotatable bonds is 6. The number of hydrogen-bond acceptors (Lipinski definition) is 4. The summed E-state index contributed by atoms with van der Waals surface area (Å²) in [5.74, 6) is 0.984. The van der Waals surface area contributed by atoms with Crippen molar-refractivity contribution < 1.29 is 4.39 Å². The van der Waals surface area contributed by atoms with Crippen LogP contribution < -0.4 is 0 Å². The molecule has 4 nitrogen and oxygen atoms in total. The normalized spacial score (nSPS) is 10.9. The Morgan fingerprint density at radius 1 is 1.00 bits per heavy atom.